The molecule has 0 saturated heterocycles. The Balaban J connectivity index is 1.96. The zero-order valence-electron chi connectivity index (χ0n) is 11.7. The quantitative estimate of drug-likeness (QED) is 0.810. The second-order valence-electron chi connectivity index (χ2n) is 5.23. The molecule has 106 valence electrons. The number of fused-ring (bicyclic) bond motifs is 1. The van der Waals surface area contributed by atoms with E-state index in [4.69, 9.17) is 0 Å². The van der Waals surface area contributed by atoms with Gasteiger partial charge in [-0.05, 0) is 12.8 Å². The van der Waals surface area contributed by atoms with Crippen LogP contribution in [-0.4, -0.2) is 20.5 Å². The number of aryl methyl sites for hydroxylation is 1. The molecule has 2 aromatic rings. The Morgan fingerprint density at radius 3 is 2.76 bits per heavy atom. The minimum atomic E-state index is -0.883. The average Bonchev–Trinajstić information content (AvgIpc) is 2.78. The summed E-state index contributed by atoms with van der Waals surface area (Å²) in [4.78, 5) is 12.5. The predicted molar refractivity (Wildman–Crippen MR) is 76.7 cm³/mol. The van der Waals surface area contributed by atoms with E-state index in [0.29, 0.717) is 11.4 Å². The molecule has 2 heterocycles. The molecule has 1 aromatic heterocycles. The van der Waals surface area contributed by atoms with Crippen LogP contribution < -0.4 is 0 Å². The molecule has 3 rings (SSSR count). The van der Waals surface area contributed by atoms with Gasteiger partial charge >= 0.3 is 0 Å². The first-order valence-electron chi connectivity index (χ1n) is 7.22. The highest BCUT2D eigenvalue weighted by molar-refractivity contribution is 6.02. The molecule has 1 atom stereocenters. The van der Waals surface area contributed by atoms with Gasteiger partial charge in [-0.1, -0.05) is 36.8 Å². The van der Waals surface area contributed by atoms with Crippen molar-refractivity contribution >= 4 is 5.78 Å². The highest BCUT2D eigenvalue weighted by Gasteiger charge is 2.28. The van der Waals surface area contributed by atoms with Crippen molar-refractivity contribution in [2.75, 3.05) is 0 Å². The highest BCUT2D eigenvalue weighted by Crippen LogP contribution is 2.23. The van der Waals surface area contributed by atoms with Gasteiger partial charge in [0.15, 0.2) is 17.5 Å². The van der Waals surface area contributed by atoms with E-state index in [-0.39, 0.29) is 5.78 Å². The Morgan fingerprint density at radius 2 is 2.00 bits per heavy atom. The second-order valence-corrected chi connectivity index (χ2v) is 5.23. The van der Waals surface area contributed by atoms with E-state index in [1.165, 1.54) is 0 Å². The molecule has 1 unspecified atom stereocenters. The van der Waals surface area contributed by atoms with Gasteiger partial charge in [0.05, 0.1) is 6.07 Å². The SMILES string of the molecule is N#CC(C(=O)c1ccccc1)c1nnc2n1CCCCC2. The number of nitriles is 1. The molecule has 21 heavy (non-hydrogen) atoms. The summed E-state index contributed by atoms with van der Waals surface area (Å²) in [7, 11) is 0. The molecule has 0 amide bonds. The van der Waals surface area contributed by atoms with Gasteiger partial charge in [-0.15, -0.1) is 10.2 Å². The third-order valence-electron chi connectivity index (χ3n) is 3.85. The third-order valence-corrected chi connectivity index (χ3v) is 3.85. The number of benzene rings is 1. The maximum absolute atomic E-state index is 12.5. The lowest BCUT2D eigenvalue weighted by atomic mass is 9.98. The third kappa shape index (κ3) is 2.57. The van der Waals surface area contributed by atoms with Gasteiger partial charge in [0.2, 0.25) is 0 Å². The normalized spacial score (nSPS) is 15.6. The molecule has 5 nitrogen and oxygen atoms in total. The Morgan fingerprint density at radius 1 is 1.19 bits per heavy atom. The van der Waals surface area contributed by atoms with Crippen LogP contribution in [0.25, 0.3) is 0 Å². The number of hydrogen-bond donors (Lipinski definition) is 0. The standard InChI is InChI=1S/C16H16N4O/c17-11-13(15(21)12-7-3-1-4-8-12)16-19-18-14-9-5-2-6-10-20(14)16/h1,3-4,7-8,13H,2,5-6,9-10H2. The first kappa shape index (κ1) is 13.5. The first-order chi connectivity index (χ1) is 10.3. The van der Waals surface area contributed by atoms with E-state index in [2.05, 4.69) is 16.3 Å². The Bertz CT molecular complexity index is 684. The van der Waals surface area contributed by atoms with Crippen LogP contribution in [-0.2, 0) is 13.0 Å². The maximum atomic E-state index is 12.5. The molecule has 0 bridgehead atoms. The van der Waals surface area contributed by atoms with Gasteiger partial charge in [-0.25, -0.2) is 0 Å². The van der Waals surface area contributed by atoms with E-state index in [9.17, 15) is 10.1 Å². The van der Waals surface area contributed by atoms with Crippen LogP contribution >= 0.6 is 0 Å². The van der Waals surface area contributed by atoms with Crippen LogP contribution in [0.2, 0.25) is 0 Å². The average molecular weight is 280 g/mol. The summed E-state index contributed by atoms with van der Waals surface area (Å²) >= 11 is 0. The number of Topliss-reactive ketones (excluding diaryl/α,β-unsaturated/α-hetero) is 1. The van der Waals surface area contributed by atoms with Gasteiger partial charge in [0.25, 0.3) is 0 Å². The molecule has 5 heteroatoms. The highest BCUT2D eigenvalue weighted by atomic mass is 16.1. The van der Waals surface area contributed by atoms with Gasteiger partial charge in [0, 0.05) is 18.5 Å². The number of rotatable bonds is 3. The van der Waals surface area contributed by atoms with E-state index in [1.54, 1.807) is 24.3 Å². The van der Waals surface area contributed by atoms with Gasteiger partial charge in [-0.2, -0.15) is 5.26 Å². The van der Waals surface area contributed by atoms with E-state index >= 15 is 0 Å². The summed E-state index contributed by atoms with van der Waals surface area (Å²) in [6, 6.07) is 11.0. The molecule has 0 saturated carbocycles. The molecule has 0 aliphatic carbocycles. The van der Waals surface area contributed by atoms with Gasteiger partial charge in [-0.3, -0.25) is 4.79 Å². The van der Waals surface area contributed by atoms with Crippen molar-refractivity contribution in [3.8, 4) is 6.07 Å². The van der Waals surface area contributed by atoms with E-state index in [0.717, 1.165) is 38.1 Å². The minimum absolute atomic E-state index is 0.211. The lowest BCUT2D eigenvalue weighted by Gasteiger charge is -2.11. The number of carbonyl (C=O) groups excluding carboxylic acids is 1. The van der Waals surface area contributed by atoms with Crippen LogP contribution in [0.1, 0.15) is 47.2 Å². The fraction of sp³-hybridized carbons (Fsp3) is 0.375. The second kappa shape index (κ2) is 5.88. The van der Waals surface area contributed by atoms with E-state index in [1.807, 2.05) is 10.6 Å². The number of hydrogen-bond acceptors (Lipinski definition) is 4. The summed E-state index contributed by atoms with van der Waals surface area (Å²) in [5.41, 5.74) is 0.537. The lowest BCUT2D eigenvalue weighted by molar-refractivity contribution is 0.0974. The molecule has 0 fully saturated rings. The monoisotopic (exact) mass is 280 g/mol. The van der Waals surface area contributed by atoms with Gasteiger partial charge in [0.1, 0.15) is 5.82 Å². The maximum Gasteiger partial charge on any atom is 0.187 e. The van der Waals surface area contributed by atoms with E-state index < -0.39 is 5.92 Å². The largest absolute Gasteiger partial charge is 0.313 e. The van der Waals surface area contributed by atoms with Crippen molar-refractivity contribution in [2.45, 2.75) is 38.1 Å². The Labute approximate surface area is 123 Å². The van der Waals surface area contributed by atoms with Gasteiger partial charge < -0.3 is 4.57 Å². The molecule has 1 aliphatic rings. The van der Waals surface area contributed by atoms with Crippen molar-refractivity contribution in [3.05, 3.63) is 47.5 Å². The first-order valence-corrected chi connectivity index (χ1v) is 7.22. The van der Waals surface area contributed by atoms with Crippen LogP contribution in [0, 0.1) is 11.3 Å². The molecule has 1 aromatic carbocycles. The molecule has 0 N–H and O–H groups in total. The van der Waals surface area contributed by atoms with Crippen LogP contribution in [0.4, 0.5) is 0 Å². The Hall–Kier alpha value is -2.48. The minimum Gasteiger partial charge on any atom is -0.313 e. The summed E-state index contributed by atoms with van der Waals surface area (Å²) in [5, 5.41) is 17.7. The molecule has 0 radical (unpaired) electrons. The van der Waals surface area contributed by atoms with Crippen molar-refractivity contribution in [2.24, 2.45) is 0 Å². The predicted octanol–water partition coefficient (Wildman–Crippen LogP) is 2.49. The summed E-state index contributed by atoms with van der Waals surface area (Å²) in [5.74, 6) is 0.288. The number of nitrogens with zero attached hydrogens (tertiary/aromatic N) is 4. The summed E-state index contributed by atoms with van der Waals surface area (Å²) < 4.78 is 1.96. The topological polar surface area (TPSA) is 71.6 Å². The molecule has 0 spiro atoms. The van der Waals surface area contributed by atoms with Crippen molar-refractivity contribution in [1.82, 2.24) is 14.8 Å². The van der Waals surface area contributed by atoms with Crippen molar-refractivity contribution in [1.29, 1.82) is 5.26 Å². The molecular weight excluding hydrogens is 264 g/mol. The zero-order valence-corrected chi connectivity index (χ0v) is 11.7. The fourth-order valence-electron chi connectivity index (χ4n) is 2.72. The zero-order chi connectivity index (χ0) is 14.7. The summed E-state index contributed by atoms with van der Waals surface area (Å²) in [6.07, 6.45) is 4.13. The van der Waals surface area contributed by atoms with Crippen molar-refractivity contribution in [3.63, 3.8) is 0 Å². The van der Waals surface area contributed by atoms with Crippen LogP contribution in [0.15, 0.2) is 30.3 Å². The summed E-state index contributed by atoms with van der Waals surface area (Å²) in [6.45, 7) is 0.790. The number of carbonyl (C=O) groups is 1. The number of aromatic nitrogens is 3. The number of ketones is 1. The Kier molecular flexibility index (Phi) is 3.78. The molecular formula is C16H16N4O. The van der Waals surface area contributed by atoms with Crippen molar-refractivity contribution < 1.29 is 4.79 Å². The van der Waals surface area contributed by atoms with Crippen LogP contribution in [0.5, 0.6) is 0 Å². The van der Waals surface area contributed by atoms with Crippen LogP contribution in [0.3, 0.4) is 0 Å². The molecule has 1 aliphatic heterocycles. The fourth-order valence-corrected chi connectivity index (χ4v) is 2.72. The smallest absolute Gasteiger partial charge is 0.187 e. The lowest BCUT2D eigenvalue weighted by Crippen LogP contribution is -2.17.